The molecule has 1 N–H and O–H groups in total. The van der Waals surface area contributed by atoms with Crippen LogP contribution in [-0.4, -0.2) is 56.5 Å². The van der Waals surface area contributed by atoms with Crippen molar-refractivity contribution >= 4 is 9.84 Å². The fourth-order valence-corrected chi connectivity index (χ4v) is 3.85. The van der Waals surface area contributed by atoms with Crippen LogP contribution in [0, 0.1) is 0 Å². The summed E-state index contributed by atoms with van der Waals surface area (Å²) in [6.45, 7) is 8.97. The van der Waals surface area contributed by atoms with E-state index in [2.05, 4.69) is 24.1 Å². The molecule has 16 heavy (non-hydrogen) atoms. The van der Waals surface area contributed by atoms with Crippen molar-refractivity contribution in [3.63, 3.8) is 0 Å². The maximum Gasteiger partial charge on any atom is 0.153 e. The summed E-state index contributed by atoms with van der Waals surface area (Å²) < 4.78 is 22.9. The zero-order chi connectivity index (χ0) is 12.2. The van der Waals surface area contributed by atoms with Crippen molar-refractivity contribution in [1.82, 2.24) is 10.2 Å². The summed E-state index contributed by atoms with van der Waals surface area (Å²) in [6, 6.07) is 0.564. The maximum absolute atomic E-state index is 11.4. The van der Waals surface area contributed by atoms with E-state index in [1.165, 1.54) is 0 Å². The third kappa shape index (κ3) is 4.03. The molecule has 1 aliphatic heterocycles. The van der Waals surface area contributed by atoms with Gasteiger partial charge in [-0.25, -0.2) is 8.42 Å². The lowest BCUT2D eigenvalue weighted by atomic mass is 10.2. The van der Waals surface area contributed by atoms with Crippen LogP contribution in [0.15, 0.2) is 0 Å². The predicted octanol–water partition coefficient (Wildman–Crippen LogP) is 0.493. The van der Waals surface area contributed by atoms with E-state index in [4.69, 9.17) is 0 Å². The second-order valence-electron chi connectivity index (χ2n) is 4.75. The summed E-state index contributed by atoms with van der Waals surface area (Å²) in [5.41, 5.74) is 0. The molecule has 96 valence electrons. The normalized spacial score (nSPS) is 27.8. The Kier molecular flexibility index (Phi) is 5.21. The Bertz CT molecular complexity index is 303. The van der Waals surface area contributed by atoms with Gasteiger partial charge >= 0.3 is 0 Å². The third-order valence-electron chi connectivity index (χ3n) is 3.15. The minimum Gasteiger partial charge on any atom is -0.315 e. The van der Waals surface area contributed by atoms with Crippen molar-refractivity contribution in [1.29, 1.82) is 0 Å². The van der Waals surface area contributed by atoms with Gasteiger partial charge in [-0.15, -0.1) is 0 Å². The molecule has 0 spiro atoms. The second-order valence-corrected chi connectivity index (χ2v) is 6.98. The highest BCUT2D eigenvalue weighted by Gasteiger charge is 2.30. The van der Waals surface area contributed by atoms with Gasteiger partial charge in [0.2, 0.25) is 0 Å². The van der Waals surface area contributed by atoms with Crippen LogP contribution in [0.4, 0.5) is 0 Å². The van der Waals surface area contributed by atoms with E-state index < -0.39 is 9.84 Å². The van der Waals surface area contributed by atoms with Crippen LogP contribution >= 0.6 is 0 Å². The van der Waals surface area contributed by atoms with Crippen molar-refractivity contribution in [2.75, 3.05) is 31.1 Å². The van der Waals surface area contributed by atoms with Gasteiger partial charge in [0, 0.05) is 25.2 Å². The lowest BCUT2D eigenvalue weighted by Crippen LogP contribution is -2.53. The van der Waals surface area contributed by atoms with Crippen LogP contribution in [-0.2, 0) is 9.84 Å². The molecule has 1 aliphatic rings. The number of rotatable bonds is 5. The quantitative estimate of drug-likeness (QED) is 0.720. The van der Waals surface area contributed by atoms with Crippen LogP contribution < -0.4 is 5.32 Å². The summed E-state index contributed by atoms with van der Waals surface area (Å²) in [5, 5.41) is 3.38. The molecule has 0 aliphatic carbocycles. The Labute approximate surface area is 99.3 Å². The molecule has 2 atom stereocenters. The van der Waals surface area contributed by atoms with Gasteiger partial charge in [-0.3, -0.25) is 4.90 Å². The summed E-state index contributed by atoms with van der Waals surface area (Å²) in [7, 11) is -2.79. The van der Waals surface area contributed by atoms with Crippen LogP contribution in [0.2, 0.25) is 0 Å². The van der Waals surface area contributed by atoms with Crippen LogP contribution in [0.5, 0.6) is 0 Å². The van der Waals surface area contributed by atoms with Gasteiger partial charge in [0.25, 0.3) is 0 Å². The minimum atomic E-state index is -2.79. The molecule has 1 saturated heterocycles. The SMILES string of the molecule is CCCNCC(C)N1CCS(=O)(=O)CC1C. The molecule has 0 amide bonds. The van der Waals surface area contributed by atoms with Gasteiger partial charge in [0.1, 0.15) is 0 Å². The average molecular weight is 248 g/mol. The van der Waals surface area contributed by atoms with E-state index in [0.717, 1.165) is 19.5 Å². The van der Waals surface area contributed by atoms with Gasteiger partial charge in [0.05, 0.1) is 11.5 Å². The predicted molar refractivity (Wildman–Crippen MR) is 67.4 cm³/mol. The summed E-state index contributed by atoms with van der Waals surface area (Å²) >= 11 is 0. The van der Waals surface area contributed by atoms with Gasteiger partial charge in [0.15, 0.2) is 9.84 Å². The summed E-state index contributed by atoms with van der Waals surface area (Å²) in [4.78, 5) is 2.30. The number of hydrogen-bond donors (Lipinski definition) is 1. The topological polar surface area (TPSA) is 49.4 Å². The molecular formula is C11H24N2O2S. The van der Waals surface area contributed by atoms with Crippen molar-refractivity contribution in [2.24, 2.45) is 0 Å². The lowest BCUT2D eigenvalue weighted by Gasteiger charge is -2.37. The van der Waals surface area contributed by atoms with E-state index >= 15 is 0 Å². The van der Waals surface area contributed by atoms with E-state index in [0.29, 0.717) is 24.1 Å². The van der Waals surface area contributed by atoms with E-state index in [1.54, 1.807) is 0 Å². The molecule has 0 saturated carbocycles. The first-order valence-electron chi connectivity index (χ1n) is 6.13. The number of nitrogens with zero attached hydrogens (tertiary/aromatic N) is 1. The molecule has 0 radical (unpaired) electrons. The number of sulfone groups is 1. The minimum absolute atomic E-state index is 0.150. The average Bonchev–Trinajstić information content (AvgIpc) is 2.16. The fraction of sp³-hybridized carbons (Fsp3) is 1.00. The monoisotopic (exact) mass is 248 g/mol. The summed E-state index contributed by atoms with van der Waals surface area (Å²) in [5.74, 6) is 0.626. The molecule has 0 aromatic heterocycles. The van der Waals surface area contributed by atoms with Crippen LogP contribution in [0.25, 0.3) is 0 Å². The Morgan fingerprint density at radius 3 is 2.75 bits per heavy atom. The smallest absolute Gasteiger partial charge is 0.153 e. The Balaban J connectivity index is 2.42. The van der Waals surface area contributed by atoms with Gasteiger partial charge in [-0.2, -0.15) is 0 Å². The first kappa shape index (κ1) is 13.9. The largest absolute Gasteiger partial charge is 0.315 e. The molecule has 4 nitrogen and oxygen atoms in total. The highest BCUT2D eigenvalue weighted by atomic mass is 32.2. The Hall–Kier alpha value is -0.130. The zero-order valence-corrected chi connectivity index (χ0v) is 11.4. The molecule has 1 heterocycles. The van der Waals surface area contributed by atoms with Crippen molar-refractivity contribution in [3.8, 4) is 0 Å². The first-order valence-corrected chi connectivity index (χ1v) is 7.95. The van der Waals surface area contributed by atoms with E-state index in [9.17, 15) is 8.42 Å². The Morgan fingerprint density at radius 2 is 2.19 bits per heavy atom. The maximum atomic E-state index is 11.4. The molecule has 1 fully saturated rings. The third-order valence-corrected chi connectivity index (χ3v) is 4.95. The van der Waals surface area contributed by atoms with E-state index in [1.807, 2.05) is 6.92 Å². The molecule has 0 aromatic carbocycles. The van der Waals surface area contributed by atoms with Crippen molar-refractivity contribution < 1.29 is 8.42 Å². The molecule has 1 rings (SSSR count). The molecule has 5 heteroatoms. The molecule has 0 bridgehead atoms. The standard InChI is InChI=1S/C11H24N2O2S/c1-4-5-12-8-10(2)13-6-7-16(14,15)9-11(13)3/h10-12H,4-9H2,1-3H3. The van der Waals surface area contributed by atoms with Crippen LogP contribution in [0.1, 0.15) is 27.2 Å². The highest BCUT2D eigenvalue weighted by Crippen LogP contribution is 2.14. The van der Waals surface area contributed by atoms with Crippen LogP contribution in [0.3, 0.4) is 0 Å². The van der Waals surface area contributed by atoms with Gasteiger partial charge in [-0.05, 0) is 26.8 Å². The molecule has 2 unspecified atom stereocenters. The fourth-order valence-electron chi connectivity index (χ4n) is 2.27. The second kappa shape index (κ2) is 5.98. The molecular weight excluding hydrogens is 224 g/mol. The first-order chi connectivity index (χ1) is 7.46. The summed E-state index contributed by atoms with van der Waals surface area (Å²) in [6.07, 6.45) is 1.14. The van der Waals surface area contributed by atoms with Gasteiger partial charge in [-0.1, -0.05) is 6.92 Å². The number of hydrogen-bond acceptors (Lipinski definition) is 4. The zero-order valence-electron chi connectivity index (χ0n) is 10.6. The van der Waals surface area contributed by atoms with Crippen molar-refractivity contribution in [2.45, 2.75) is 39.3 Å². The molecule has 0 aromatic rings. The van der Waals surface area contributed by atoms with Gasteiger partial charge < -0.3 is 5.32 Å². The Morgan fingerprint density at radius 1 is 1.50 bits per heavy atom. The number of nitrogens with one attached hydrogen (secondary N) is 1. The highest BCUT2D eigenvalue weighted by molar-refractivity contribution is 7.91. The van der Waals surface area contributed by atoms with Crippen molar-refractivity contribution in [3.05, 3.63) is 0 Å². The van der Waals surface area contributed by atoms with E-state index in [-0.39, 0.29) is 6.04 Å². The lowest BCUT2D eigenvalue weighted by molar-refractivity contribution is 0.166.